The summed E-state index contributed by atoms with van der Waals surface area (Å²) in [4.78, 5) is 0. The van der Waals surface area contributed by atoms with Gasteiger partial charge in [0.25, 0.3) is 0 Å². The van der Waals surface area contributed by atoms with Crippen molar-refractivity contribution in [3.8, 4) is 0 Å². The number of hydrogen-bond acceptors (Lipinski definition) is 30. The van der Waals surface area contributed by atoms with Gasteiger partial charge in [-0.1, -0.05) is 364 Å². The lowest BCUT2D eigenvalue weighted by Gasteiger charge is -2.52. The molecule has 22 saturated heterocycles. The molecule has 22 heterocycles. The van der Waals surface area contributed by atoms with Crippen LogP contribution in [0, 0.1) is 0 Å². The second-order valence-electron chi connectivity index (χ2n) is 38.4. The Bertz CT molecular complexity index is 4880. The quantitative estimate of drug-likeness (QED) is 0.0207. The zero-order chi connectivity index (χ0) is 102. The second-order valence-corrected chi connectivity index (χ2v) is 38.4. The van der Waals surface area contributed by atoms with E-state index in [1.165, 1.54) is 0 Å². The van der Waals surface area contributed by atoms with Gasteiger partial charge in [-0.15, -0.1) is 0 Å². The molecule has 30 unspecified atom stereocenters. The number of aliphatic hydroxyl groups excluding tert-OH is 6. The maximum absolute atomic E-state index is 14.1. The maximum atomic E-state index is 14.1. The average molecular weight is 2050 g/mol. The Kier molecular flexibility index (Phi) is 39.8. The summed E-state index contributed by atoms with van der Waals surface area (Å²) in [6.07, 6.45) is -48.5. The fraction of sp³-hybridized carbons (Fsp3) is 0.400. The summed E-state index contributed by atoms with van der Waals surface area (Å²) in [6, 6.07) is 113. The molecule has 22 fully saturated rings. The lowest BCUT2D eigenvalue weighted by molar-refractivity contribution is -0.412. The predicted molar refractivity (Wildman–Crippen MR) is 544 cm³/mol. The van der Waals surface area contributed by atoms with Crippen molar-refractivity contribution in [2.75, 3.05) is 39.6 Å². The Hall–Kier alpha value is -10.6. The summed E-state index contributed by atoms with van der Waals surface area (Å²) in [6.45, 7) is -2.73. The SMILES string of the molecule is OC1C2OC3OC(COCc4ccccc4)C(OC4OC(COCc5ccccc5)C(OC5OC(COCc6ccccc6)C(OC6OC(COCc7ccccc7)C(OC7OC(COCc8ccccc8)C(OC(OC2COCc2ccccc2)C1OCc1ccccc1)C(O)C7OCc1ccccc1)C(O)C6OCc1ccccc1)C(O)C5OCc1ccccc1)C(O)C4OCc1ccccc1)C(O)C3OCc1ccccc1. The van der Waals surface area contributed by atoms with Crippen molar-refractivity contribution in [1.82, 2.24) is 0 Å². The minimum absolute atomic E-state index is 0.0322. The van der Waals surface area contributed by atoms with Gasteiger partial charge in [0.05, 0.1) is 119 Å². The molecule has 0 aliphatic carbocycles. The van der Waals surface area contributed by atoms with E-state index in [1.807, 2.05) is 364 Å². The minimum Gasteiger partial charge on any atom is -0.387 e. The van der Waals surface area contributed by atoms with Crippen LogP contribution in [0.25, 0.3) is 0 Å². The van der Waals surface area contributed by atoms with Gasteiger partial charge in [-0.05, 0) is 66.8 Å². The summed E-state index contributed by atoms with van der Waals surface area (Å²) in [5, 5.41) is 84.8. The van der Waals surface area contributed by atoms with Gasteiger partial charge in [-0.25, -0.2) is 0 Å². The van der Waals surface area contributed by atoms with Crippen molar-refractivity contribution in [2.24, 2.45) is 0 Å². The molecule has 30 heteroatoms. The predicted octanol–water partition coefficient (Wildman–Crippen LogP) is 13.6. The summed E-state index contributed by atoms with van der Waals surface area (Å²) >= 11 is 0. The van der Waals surface area contributed by atoms with Crippen LogP contribution >= 0.6 is 0 Å². The zero-order valence-electron chi connectivity index (χ0n) is 83.2. The van der Waals surface area contributed by atoms with Gasteiger partial charge in [0.1, 0.15) is 146 Å². The third kappa shape index (κ3) is 29.3. The molecule has 12 bridgehead atoms. The van der Waals surface area contributed by atoms with Crippen LogP contribution in [0.15, 0.2) is 364 Å². The van der Waals surface area contributed by atoms with Crippen molar-refractivity contribution in [3.63, 3.8) is 0 Å². The van der Waals surface area contributed by atoms with E-state index in [9.17, 15) is 30.6 Å². The lowest BCUT2D eigenvalue weighted by Crippen LogP contribution is -2.69. The fourth-order valence-corrected chi connectivity index (χ4v) is 19.6. The summed E-state index contributed by atoms with van der Waals surface area (Å²) in [5.41, 5.74) is 8.84. The van der Waals surface area contributed by atoms with E-state index in [-0.39, 0.29) is 119 Å². The second kappa shape index (κ2) is 55.3. The van der Waals surface area contributed by atoms with Crippen LogP contribution in [-0.4, -0.2) is 255 Å². The van der Waals surface area contributed by atoms with E-state index in [2.05, 4.69) is 0 Å². The van der Waals surface area contributed by atoms with Crippen molar-refractivity contribution >= 4 is 0 Å². The fourth-order valence-electron chi connectivity index (χ4n) is 19.6. The Morgan fingerprint density at radius 1 is 0.140 bits per heavy atom. The van der Waals surface area contributed by atoms with Gasteiger partial charge in [-0.2, -0.15) is 0 Å². The zero-order valence-corrected chi connectivity index (χ0v) is 83.2. The summed E-state index contributed by atoms with van der Waals surface area (Å²) in [5.74, 6) is 0. The number of rotatable bonds is 42. The van der Waals surface area contributed by atoms with Crippen LogP contribution < -0.4 is 0 Å². The first kappa shape index (κ1) is 108. The molecule has 150 heavy (non-hydrogen) atoms. The molecular formula is C120H132O30. The van der Waals surface area contributed by atoms with Crippen molar-refractivity contribution in [1.29, 1.82) is 0 Å². The van der Waals surface area contributed by atoms with Gasteiger partial charge in [0.15, 0.2) is 37.7 Å². The van der Waals surface area contributed by atoms with Gasteiger partial charge in [0.2, 0.25) is 0 Å². The van der Waals surface area contributed by atoms with Gasteiger partial charge in [0, 0.05) is 0 Å². The van der Waals surface area contributed by atoms with Crippen LogP contribution in [0.3, 0.4) is 0 Å². The van der Waals surface area contributed by atoms with Crippen molar-refractivity contribution in [3.05, 3.63) is 431 Å². The number of ether oxygens (including phenoxy) is 24. The monoisotopic (exact) mass is 2050 g/mol. The molecule has 792 valence electrons. The third-order valence-corrected chi connectivity index (χ3v) is 27.5. The first-order valence-electron chi connectivity index (χ1n) is 51.4. The van der Waals surface area contributed by atoms with E-state index in [0.29, 0.717) is 33.4 Å². The highest BCUT2D eigenvalue weighted by Gasteiger charge is 2.61. The third-order valence-electron chi connectivity index (χ3n) is 27.5. The normalized spacial score (nSPS) is 30.7. The molecule has 0 aromatic heterocycles. The molecule has 22 aliphatic heterocycles. The molecular weight excluding hydrogens is 1920 g/mol. The molecule has 30 nitrogen and oxygen atoms in total. The minimum atomic E-state index is -1.82. The standard InChI is InChI=1S/C120H132O30/c121-97-103-91(73-127-61-79-37-13-1-14-38-79)139-115(109(97)133-67-85-49-25-7-26-50-85)146-104-92(74-128-62-80-39-15-2-16-40-80)141-117(111(98(104)122)135-69-87-53-29-9-30-54-87)148-106-94(76-130-64-82-43-19-4-20-44-82)143-119(113(100(106)124)137-71-89-57-33-11-34-58-89)150-108-96(78-132-66-84-47-23-6-24-48-84)144-120(114(102(108)126)138-72-90-59-35-12-36-60-90)149-107-95(77-131-65-83-45-21-5-22-46-83)142-118(112(101(107)125)136-70-88-55-31-10-32-56-88)147-105-93(75-129-63-81-41-17-3-18-42-81)140-116(145-103)110(99(105)123)134-68-86-51-27-8-28-52-86/h1-60,91-126H,61-78H2. The Labute approximate surface area is 873 Å². The van der Waals surface area contributed by atoms with E-state index >= 15 is 0 Å². The van der Waals surface area contributed by atoms with Crippen molar-refractivity contribution in [2.45, 2.75) is 264 Å². The maximum Gasteiger partial charge on any atom is 0.187 e. The van der Waals surface area contributed by atoms with Crippen LogP contribution in [0.5, 0.6) is 0 Å². The topological polar surface area (TPSA) is 343 Å². The van der Waals surface area contributed by atoms with E-state index in [0.717, 1.165) is 33.4 Å². The van der Waals surface area contributed by atoms with Crippen LogP contribution in [0.1, 0.15) is 66.8 Å². The first-order chi connectivity index (χ1) is 73.9. The van der Waals surface area contributed by atoms with Gasteiger partial charge in [-0.3, -0.25) is 0 Å². The molecule has 12 aromatic rings. The largest absolute Gasteiger partial charge is 0.387 e. The molecule has 0 radical (unpaired) electrons. The smallest absolute Gasteiger partial charge is 0.187 e. The Morgan fingerprint density at radius 3 is 0.360 bits per heavy atom. The van der Waals surface area contributed by atoms with Crippen LogP contribution in [-0.2, 0) is 193 Å². The van der Waals surface area contributed by atoms with Crippen LogP contribution in [0.2, 0.25) is 0 Å². The van der Waals surface area contributed by atoms with Crippen LogP contribution in [0.4, 0.5) is 0 Å². The average Bonchev–Trinajstić information content (AvgIpc) is 0.756. The molecule has 0 spiro atoms. The summed E-state index contributed by atoms with van der Waals surface area (Å²) in [7, 11) is 0. The number of hydrogen-bond donors (Lipinski definition) is 6. The Balaban J connectivity index is 0.779. The molecule has 12 aromatic carbocycles. The van der Waals surface area contributed by atoms with Crippen molar-refractivity contribution < 1.29 is 144 Å². The highest BCUT2D eigenvalue weighted by atomic mass is 16.8. The lowest BCUT2D eigenvalue weighted by atomic mass is 9.94. The number of aliphatic hydroxyl groups is 6. The van der Waals surface area contributed by atoms with E-state index in [1.54, 1.807) is 0 Å². The molecule has 30 atom stereocenters. The van der Waals surface area contributed by atoms with E-state index in [4.69, 9.17) is 114 Å². The number of benzene rings is 12. The van der Waals surface area contributed by atoms with Gasteiger partial charge >= 0.3 is 0 Å². The van der Waals surface area contributed by atoms with Gasteiger partial charge < -0.3 is 144 Å². The molecule has 34 rings (SSSR count). The molecule has 22 aliphatic rings. The first-order valence-corrected chi connectivity index (χ1v) is 51.4. The Morgan fingerprint density at radius 2 is 0.247 bits per heavy atom. The highest BCUT2D eigenvalue weighted by molar-refractivity contribution is 5.24. The van der Waals surface area contributed by atoms with E-state index < -0.39 is 184 Å². The molecule has 0 amide bonds. The summed E-state index contributed by atoms with van der Waals surface area (Å²) < 4.78 is 172. The molecule has 0 saturated carbocycles. The highest BCUT2D eigenvalue weighted by Crippen LogP contribution is 2.43. The molecule has 6 N–H and O–H groups in total.